The van der Waals surface area contributed by atoms with Crippen LogP contribution in [0.3, 0.4) is 0 Å². The number of fused-ring (bicyclic) bond motifs is 8. The maximum absolute atomic E-state index is 2.58. The van der Waals surface area contributed by atoms with Gasteiger partial charge < -0.3 is 9.47 Å². The van der Waals surface area contributed by atoms with Crippen LogP contribution in [0.25, 0.3) is 60.9 Å². The monoisotopic (exact) mass is 718 g/mol. The van der Waals surface area contributed by atoms with Gasteiger partial charge in [0.05, 0.1) is 16.7 Å². The van der Waals surface area contributed by atoms with Gasteiger partial charge in [0.25, 0.3) is 0 Å². The van der Waals surface area contributed by atoms with Crippen LogP contribution in [0, 0.1) is 0 Å². The molecule has 2 heterocycles. The van der Waals surface area contributed by atoms with Gasteiger partial charge in [-0.05, 0) is 128 Å². The predicted molar refractivity (Wildman–Crippen MR) is 236 cm³/mol. The number of hydrogen-bond acceptors (Lipinski definition) is 1. The zero-order chi connectivity index (χ0) is 37.8. The standard InChI is InChI=1S/C54H42N2/c1-53(2)46-32-41(55(39-21-13-7-14-22-39)40-23-15-8-16-24-40)26-27-42(46)43-33-48-51(34-47(43)53)56-50-28-25-37(35-17-9-5-10-18-35)29-44(50)45-30-38(36-19-11-6-12-20-36)31-49(52(45)56)54(48,3)4/h5-34H,1-4H3. The Morgan fingerprint density at radius 1 is 0.375 bits per heavy atom. The van der Waals surface area contributed by atoms with E-state index in [9.17, 15) is 0 Å². The number of benzene rings is 8. The number of aromatic nitrogens is 1. The van der Waals surface area contributed by atoms with Crippen molar-refractivity contribution in [2.75, 3.05) is 4.90 Å². The zero-order valence-electron chi connectivity index (χ0n) is 32.2. The van der Waals surface area contributed by atoms with E-state index in [1.807, 2.05) is 0 Å². The van der Waals surface area contributed by atoms with Crippen LogP contribution in [0.5, 0.6) is 0 Å². The van der Waals surface area contributed by atoms with Gasteiger partial charge in [0.15, 0.2) is 0 Å². The molecule has 8 aromatic carbocycles. The summed E-state index contributed by atoms with van der Waals surface area (Å²) in [4.78, 5) is 2.38. The Morgan fingerprint density at radius 3 is 1.57 bits per heavy atom. The first-order valence-electron chi connectivity index (χ1n) is 19.8. The number of nitrogens with zero attached hydrogens (tertiary/aromatic N) is 2. The van der Waals surface area contributed by atoms with E-state index >= 15 is 0 Å². The Balaban J connectivity index is 1.15. The molecule has 1 aliphatic heterocycles. The SMILES string of the molecule is CC1(C)c2cc(N(c3ccccc3)c3ccccc3)ccc2-c2cc3c(cc21)-n1c2ccc(-c4ccccc4)cc2c2cc(-c4ccccc4)cc(c21)C3(C)C. The highest BCUT2D eigenvalue weighted by molar-refractivity contribution is 6.14. The first kappa shape index (κ1) is 32.8. The lowest BCUT2D eigenvalue weighted by atomic mass is 9.72. The smallest absolute Gasteiger partial charge is 0.0582 e. The van der Waals surface area contributed by atoms with E-state index < -0.39 is 0 Å². The van der Waals surface area contributed by atoms with Crippen LogP contribution in [0.2, 0.25) is 0 Å². The Hall–Kier alpha value is -6.64. The molecule has 268 valence electrons. The van der Waals surface area contributed by atoms with E-state index in [1.165, 1.54) is 88.8 Å². The summed E-state index contributed by atoms with van der Waals surface area (Å²) in [7, 11) is 0. The number of hydrogen-bond donors (Lipinski definition) is 0. The minimum Gasteiger partial charge on any atom is -0.310 e. The predicted octanol–water partition coefficient (Wildman–Crippen LogP) is 14.5. The summed E-state index contributed by atoms with van der Waals surface area (Å²) < 4.78 is 2.58. The largest absolute Gasteiger partial charge is 0.310 e. The molecule has 2 aliphatic rings. The summed E-state index contributed by atoms with van der Waals surface area (Å²) in [6.45, 7) is 9.68. The molecule has 2 nitrogen and oxygen atoms in total. The van der Waals surface area contributed by atoms with E-state index in [0.29, 0.717) is 0 Å². The lowest BCUT2D eigenvalue weighted by molar-refractivity contribution is 0.625. The van der Waals surface area contributed by atoms with Crippen molar-refractivity contribution in [2.45, 2.75) is 38.5 Å². The molecule has 0 saturated carbocycles. The summed E-state index contributed by atoms with van der Waals surface area (Å²) in [5, 5.41) is 2.60. The molecule has 0 atom stereocenters. The molecule has 1 aromatic heterocycles. The molecular weight excluding hydrogens is 677 g/mol. The average molecular weight is 719 g/mol. The van der Waals surface area contributed by atoms with Gasteiger partial charge in [-0.2, -0.15) is 0 Å². The van der Waals surface area contributed by atoms with E-state index in [1.54, 1.807) is 0 Å². The molecule has 0 saturated heterocycles. The molecule has 2 heteroatoms. The average Bonchev–Trinajstić information content (AvgIpc) is 3.68. The van der Waals surface area contributed by atoms with Crippen molar-refractivity contribution >= 4 is 38.9 Å². The summed E-state index contributed by atoms with van der Waals surface area (Å²) in [6.07, 6.45) is 0. The summed E-state index contributed by atoms with van der Waals surface area (Å²) >= 11 is 0. The molecule has 1 aliphatic carbocycles. The van der Waals surface area contributed by atoms with E-state index in [4.69, 9.17) is 0 Å². The van der Waals surface area contributed by atoms with Crippen molar-refractivity contribution in [1.82, 2.24) is 4.57 Å². The van der Waals surface area contributed by atoms with Gasteiger partial charge in [-0.15, -0.1) is 0 Å². The van der Waals surface area contributed by atoms with Crippen LogP contribution in [-0.2, 0) is 10.8 Å². The fraction of sp³-hybridized carbons (Fsp3) is 0.111. The topological polar surface area (TPSA) is 8.17 Å². The third kappa shape index (κ3) is 4.69. The normalized spacial score (nSPS) is 14.4. The molecule has 0 unspecified atom stereocenters. The van der Waals surface area contributed by atoms with Crippen molar-refractivity contribution in [1.29, 1.82) is 0 Å². The molecule has 0 bridgehead atoms. The quantitative estimate of drug-likeness (QED) is 0.172. The first-order chi connectivity index (χ1) is 27.3. The third-order valence-corrected chi connectivity index (χ3v) is 12.7. The second-order valence-electron chi connectivity index (χ2n) is 16.6. The van der Waals surface area contributed by atoms with Gasteiger partial charge >= 0.3 is 0 Å². The van der Waals surface area contributed by atoms with Crippen LogP contribution in [0.15, 0.2) is 182 Å². The first-order valence-corrected chi connectivity index (χ1v) is 19.8. The molecule has 0 fully saturated rings. The summed E-state index contributed by atoms with van der Waals surface area (Å²) in [6, 6.07) is 67.3. The van der Waals surface area contributed by atoms with E-state index in [-0.39, 0.29) is 10.8 Å². The number of anilines is 3. The highest BCUT2D eigenvalue weighted by Gasteiger charge is 2.42. The molecular formula is C54H42N2. The van der Waals surface area contributed by atoms with Crippen molar-refractivity contribution in [2.24, 2.45) is 0 Å². The molecule has 11 rings (SSSR count). The Morgan fingerprint density at radius 2 is 0.929 bits per heavy atom. The van der Waals surface area contributed by atoms with E-state index in [0.717, 1.165) is 11.4 Å². The fourth-order valence-corrected chi connectivity index (χ4v) is 9.81. The van der Waals surface area contributed by atoms with Gasteiger partial charge in [0, 0.05) is 38.7 Å². The second kappa shape index (κ2) is 11.9. The molecule has 0 spiro atoms. The van der Waals surface area contributed by atoms with Crippen molar-refractivity contribution in [3.8, 4) is 39.1 Å². The van der Waals surface area contributed by atoms with Crippen molar-refractivity contribution in [3.63, 3.8) is 0 Å². The lowest BCUT2D eigenvalue weighted by Crippen LogP contribution is -2.27. The maximum atomic E-state index is 2.58. The molecule has 0 amide bonds. The van der Waals surface area contributed by atoms with Crippen LogP contribution in [0.1, 0.15) is 49.9 Å². The third-order valence-electron chi connectivity index (χ3n) is 12.7. The van der Waals surface area contributed by atoms with Crippen LogP contribution < -0.4 is 4.90 Å². The minimum absolute atomic E-state index is 0.209. The minimum atomic E-state index is -0.246. The highest BCUT2D eigenvalue weighted by Crippen LogP contribution is 2.56. The number of rotatable bonds is 5. The van der Waals surface area contributed by atoms with Gasteiger partial charge in [0.2, 0.25) is 0 Å². The Kier molecular flexibility index (Phi) is 6.98. The molecule has 0 N–H and O–H groups in total. The number of para-hydroxylation sites is 2. The van der Waals surface area contributed by atoms with Gasteiger partial charge in [-0.25, -0.2) is 0 Å². The van der Waals surface area contributed by atoms with Crippen molar-refractivity contribution in [3.05, 3.63) is 204 Å². The van der Waals surface area contributed by atoms with Crippen LogP contribution in [-0.4, -0.2) is 4.57 Å². The van der Waals surface area contributed by atoms with Gasteiger partial charge in [-0.1, -0.05) is 137 Å². The van der Waals surface area contributed by atoms with Gasteiger partial charge in [-0.3, -0.25) is 0 Å². The second-order valence-corrected chi connectivity index (χ2v) is 16.6. The molecule has 0 radical (unpaired) electrons. The highest BCUT2D eigenvalue weighted by atomic mass is 15.1. The zero-order valence-corrected chi connectivity index (χ0v) is 32.2. The fourth-order valence-electron chi connectivity index (χ4n) is 9.81. The Bertz CT molecular complexity index is 2950. The Labute approximate surface area is 328 Å². The summed E-state index contributed by atoms with van der Waals surface area (Å²) in [5.41, 5.74) is 20.0. The molecule has 9 aromatic rings. The van der Waals surface area contributed by atoms with Crippen LogP contribution >= 0.6 is 0 Å². The summed E-state index contributed by atoms with van der Waals surface area (Å²) in [5.74, 6) is 0. The van der Waals surface area contributed by atoms with Crippen LogP contribution in [0.4, 0.5) is 17.1 Å². The molecule has 56 heavy (non-hydrogen) atoms. The lowest BCUT2D eigenvalue weighted by Gasteiger charge is -2.36. The van der Waals surface area contributed by atoms with Gasteiger partial charge in [0.1, 0.15) is 0 Å². The van der Waals surface area contributed by atoms with E-state index in [2.05, 4.69) is 219 Å². The van der Waals surface area contributed by atoms with Crippen molar-refractivity contribution < 1.29 is 0 Å². The maximum Gasteiger partial charge on any atom is 0.0582 e.